The molecule has 88 valence electrons. The van der Waals surface area contributed by atoms with Gasteiger partial charge >= 0.3 is 0 Å². The van der Waals surface area contributed by atoms with Crippen molar-refractivity contribution >= 4 is 0 Å². The summed E-state index contributed by atoms with van der Waals surface area (Å²) in [5.41, 5.74) is 1.35. The minimum Gasteiger partial charge on any atom is -0.373 e. The number of nitrogens with one attached hydrogen (secondary N) is 1. The van der Waals surface area contributed by atoms with Gasteiger partial charge in [0.2, 0.25) is 0 Å². The minimum absolute atomic E-state index is 0.00840. The van der Waals surface area contributed by atoms with Crippen molar-refractivity contribution in [1.29, 1.82) is 0 Å². The quantitative estimate of drug-likeness (QED) is 0.722. The molecule has 0 aromatic heterocycles. The summed E-state index contributed by atoms with van der Waals surface area (Å²) in [7, 11) is 0. The Bertz CT molecular complexity index is 213. The zero-order valence-electron chi connectivity index (χ0n) is 10.6. The van der Waals surface area contributed by atoms with Crippen LogP contribution < -0.4 is 5.32 Å². The van der Waals surface area contributed by atoms with Crippen molar-refractivity contribution < 1.29 is 4.74 Å². The average Bonchev–Trinajstić information content (AvgIpc) is 2.18. The summed E-state index contributed by atoms with van der Waals surface area (Å²) in [4.78, 5) is 0. The normalized spacial score (nSPS) is 28.5. The molecule has 0 spiro atoms. The van der Waals surface area contributed by atoms with Crippen LogP contribution in [0.3, 0.4) is 0 Å². The Kier molecular flexibility index (Phi) is 4.81. The number of hydrogen-bond acceptors (Lipinski definition) is 2. The van der Waals surface area contributed by atoms with Gasteiger partial charge in [-0.3, -0.25) is 0 Å². The molecule has 0 aromatic rings. The first-order valence-corrected chi connectivity index (χ1v) is 6.11. The van der Waals surface area contributed by atoms with E-state index in [-0.39, 0.29) is 5.60 Å². The molecule has 0 amide bonds. The molecule has 0 radical (unpaired) electrons. The van der Waals surface area contributed by atoms with Crippen molar-refractivity contribution in [1.82, 2.24) is 5.32 Å². The van der Waals surface area contributed by atoms with E-state index in [9.17, 15) is 0 Å². The van der Waals surface area contributed by atoms with E-state index >= 15 is 0 Å². The molecule has 0 aliphatic carbocycles. The van der Waals surface area contributed by atoms with Crippen molar-refractivity contribution in [2.45, 2.75) is 58.6 Å². The van der Waals surface area contributed by atoms with Gasteiger partial charge in [0.05, 0.1) is 11.6 Å². The van der Waals surface area contributed by atoms with Crippen LogP contribution in [0.4, 0.5) is 0 Å². The lowest BCUT2D eigenvalue weighted by atomic mass is 9.87. The van der Waals surface area contributed by atoms with Crippen LogP contribution in [0.5, 0.6) is 0 Å². The van der Waals surface area contributed by atoms with E-state index in [1.165, 1.54) is 18.4 Å². The molecule has 0 bridgehead atoms. The standard InChI is InChI=1S/C13H25NO/c1-5-14-12(10-11(2)3)13(4)8-6-7-9-15-13/h10,12,14H,5-9H2,1-4H3. The van der Waals surface area contributed by atoms with Gasteiger partial charge in [0, 0.05) is 6.61 Å². The Morgan fingerprint density at radius 2 is 2.20 bits per heavy atom. The van der Waals surface area contributed by atoms with Gasteiger partial charge in [-0.2, -0.15) is 0 Å². The molecule has 2 atom stereocenters. The van der Waals surface area contributed by atoms with Gasteiger partial charge in [-0.05, 0) is 46.6 Å². The fourth-order valence-corrected chi connectivity index (χ4v) is 2.21. The monoisotopic (exact) mass is 211 g/mol. The minimum atomic E-state index is -0.00840. The van der Waals surface area contributed by atoms with Crippen LogP contribution in [0.25, 0.3) is 0 Å². The maximum Gasteiger partial charge on any atom is 0.0842 e. The van der Waals surface area contributed by atoms with Crippen LogP contribution in [0, 0.1) is 0 Å². The van der Waals surface area contributed by atoms with E-state index < -0.39 is 0 Å². The molecule has 0 saturated carbocycles. The zero-order valence-corrected chi connectivity index (χ0v) is 10.6. The summed E-state index contributed by atoms with van der Waals surface area (Å²) in [6, 6.07) is 0.354. The molecule has 1 heterocycles. The molecule has 1 N–H and O–H groups in total. The first kappa shape index (κ1) is 12.7. The Hall–Kier alpha value is -0.340. The smallest absolute Gasteiger partial charge is 0.0842 e. The third kappa shape index (κ3) is 3.62. The molecule has 15 heavy (non-hydrogen) atoms. The molecule has 1 saturated heterocycles. The average molecular weight is 211 g/mol. The zero-order chi connectivity index (χ0) is 11.3. The highest BCUT2D eigenvalue weighted by molar-refractivity contribution is 5.09. The Balaban J connectivity index is 2.72. The van der Waals surface area contributed by atoms with E-state index in [2.05, 4.69) is 39.1 Å². The van der Waals surface area contributed by atoms with Gasteiger partial charge in [0.25, 0.3) is 0 Å². The van der Waals surface area contributed by atoms with Crippen molar-refractivity contribution in [2.75, 3.05) is 13.2 Å². The molecule has 1 fully saturated rings. The van der Waals surface area contributed by atoms with Crippen molar-refractivity contribution in [2.24, 2.45) is 0 Å². The maximum absolute atomic E-state index is 5.97. The predicted octanol–water partition coefficient (Wildman–Crippen LogP) is 2.89. The van der Waals surface area contributed by atoms with E-state index in [4.69, 9.17) is 4.74 Å². The molecule has 2 heteroatoms. The number of likely N-dealkylation sites (N-methyl/N-ethyl adjacent to an activating group) is 1. The summed E-state index contributed by atoms with van der Waals surface area (Å²) >= 11 is 0. The van der Waals surface area contributed by atoms with Gasteiger partial charge in [0.15, 0.2) is 0 Å². The first-order chi connectivity index (χ1) is 7.08. The second-order valence-electron chi connectivity index (χ2n) is 4.90. The largest absolute Gasteiger partial charge is 0.373 e. The van der Waals surface area contributed by atoms with E-state index in [1.807, 2.05) is 0 Å². The maximum atomic E-state index is 5.97. The number of ether oxygens (including phenoxy) is 1. The van der Waals surface area contributed by atoms with Crippen molar-refractivity contribution in [3.8, 4) is 0 Å². The van der Waals surface area contributed by atoms with Gasteiger partial charge in [-0.25, -0.2) is 0 Å². The molecule has 2 unspecified atom stereocenters. The molecular formula is C13H25NO. The highest BCUT2D eigenvalue weighted by atomic mass is 16.5. The Morgan fingerprint density at radius 1 is 1.47 bits per heavy atom. The van der Waals surface area contributed by atoms with Gasteiger partial charge in [0.1, 0.15) is 0 Å². The summed E-state index contributed by atoms with van der Waals surface area (Å²) < 4.78 is 5.97. The number of hydrogen-bond donors (Lipinski definition) is 1. The SMILES string of the molecule is CCNC(C=C(C)C)C1(C)CCCCO1. The van der Waals surface area contributed by atoms with E-state index in [1.54, 1.807) is 0 Å². The van der Waals surface area contributed by atoms with E-state index in [0.29, 0.717) is 6.04 Å². The van der Waals surface area contributed by atoms with Crippen molar-refractivity contribution in [3.63, 3.8) is 0 Å². The Morgan fingerprint density at radius 3 is 2.67 bits per heavy atom. The molecule has 1 rings (SSSR count). The van der Waals surface area contributed by atoms with Gasteiger partial charge in [-0.1, -0.05) is 18.6 Å². The lowest BCUT2D eigenvalue weighted by Gasteiger charge is -2.40. The second kappa shape index (κ2) is 5.66. The summed E-state index contributed by atoms with van der Waals surface area (Å²) in [5.74, 6) is 0. The fourth-order valence-electron chi connectivity index (χ4n) is 2.21. The summed E-state index contributed by atoms with van der Waals surface area (Å²) in [5, 5.41) is 3.52. The molecule has 0 aromatic carbocycles. The third-order valence-corrected chi connectivity index (χ3v) is 3.08. The van der Waals surface area contributed by atoms with Gasteiger partial charge in [-0.15, -0.1) is 0 Å². The van der Waals surface area contributed by atoms with Crippen LogP contribution in [0.2, 0.25) is 0 Å². The van der Waals surface area contributed by atoms with Crippen molar-refractivity contribution in [3.05, 3.63) is 11.6 Å². The summed E-state index contributed by atoms with van der Waals surface area (Å²) in [6.45, 7) is 10.6. The summed E-state index contributed by atoms with van der Waals surface area (Å²) in [6.07, 6.45) is 5.96. The molecule has 2 nitrogen and oxygen atoms in total. The lowest BCUT2D eigenvalue weighted by Crippen LogP contribution is -2.51. The van der Waals surface area contributed by atoms with Crippen LogP contribution in [0.15, 0.2) is 11.6 Å². The van der Waals surface area contributed by atoms with Crippen LogP contribution >= 0.6 is 0 Å². The fraction of sp³-hybridized carbons (Fsp3) is 0.846. The number of rotatable bonds is 4. The third-order valence-electron chi connectivity index (χ3n) is 3.08. The molecular weight excluding hydrogens is 186 g/mol. The van der Waals surface area contributed by atoms with E-state index in [0.717, 1.165) is 19.6 Å². The van der Waals surface area contributed by atoms with Crippen LogP contribution in [-0.4, -0.2) is 24.8 Å². The molecule has 1 aliphatic rings. The number of allylic oxidation sites excluding steroid dienone is 1. The molecule has 1 aliphatic heterocycles. The lowest BCUT2D eigenvalue weighted by molar-refractivity contribution is -0.0787. The first-order valence-electron chi connectivity index (χ1n) is 6.11. The van der Waals surface area contributed by atoms with Crippen LogP contribution in [0.1, 0.15) is 47.0 Å². The van der Waals surface area contributed by atoms with Crippen LogP contribution in [-0.2, 0) is 4.74 Å². The highest BCUT2D eigenvalue weighted by Crippen LogP contribution is 2.29. The second-order valence-corrected chi connectivity index (χ2v) is 4.90. The Labute approximate surface area is 94.1 Å². The van der Waals surface area contributed by atoms with Gasteiger partial charge < -0.3 is 10.1 Å². The predicted molar refractivity (Wildman–Crippen MR) is 65.1 cm³/mol. The topological polar surface area (TPSA) is 21.3 Å². The highest BCUT2D eigenvalue weighted by Gasteiger charge is 2.34.